The van der Waals surface area contributed by atoms with Gasteiger partial charge in [-0.05, 0) is 71.3 Å². The number of benzene rings is 4. The van der Waals surface area contributed by atoms with Crippen LogP contribution in [-0.2, 0) is 26.5 Å². The third kappa shape index (κ3) is 5.88. The summed E-state index contributed by atoms with van der Waals surface area (Å²) in [4.78, 5) is 4.78. The fraction of sp³-hybridized carbons (Fsp3) is 0.200. The summed E-state index contributed by atoms with van der Waals surface area (Å²) in [5.41, 5.74) is 7.69. The topological polar surface area (TPSA) is 63.3 Å². The quantitative estimate of drug-likeness (QED) is 0.150. The molecule has 4 aromatic carbocycles. The van der Waals surface area contributed by atoms with Gasteiger partial charge >= 0.3 is 21.1 Å². The van der Waals surface area contributed by atoms with Crippen LogP contribution in [0.15, 0.2) is 91.4 Å². The van der Waals surface area contributed by atoms with Crippen LogP contribution in [-0.4, -0.2) is 33.6 Å². The number of hydrogen-bond acceptors (Lipinski definition) is 5. The minimum Gasteiger partial charge on any atom is -0.509 e. The Balaban J connectivity index is 0.00000401. The third-order valence-corrected chi connectivity index (χ3v) is 8.50. The van der Waals surface area contributed by atoms with Crippen molar-refractivity contribution in [3.8, 4) is 45.6 Å². The van der Waals surface area contributed by atoms with Gasteiger partial charge in [-0.25, -0.2) is 4.98 Å². The van der Waals surface area contributed by atoms with Gasteiger partial charge in [-0.15, -0.1) is 35.7 Å². The fourth-order valence-electron chi connectivity index (χ4n) is 6.25. The first-order valence-corrected chi connectivity index (χ1v) is 15.6. The van der Waals surface area contributed by atoms with Gasteiger partial charge in [0.1, 0.15) is 17.3 Å². The molecule has 244 valence electrons. The van der Waals surface area contributed by atoms with Crippen LogP contribution in [0.5, 0.6) is 23.0 Å². The second-order valence-corrected chi connectivity index (χ2v) is 12.7. The largest absolute Gasteiger partial charge is 2.00 e. The van der Waals surface area contributed by atoms with E-state index < -0.39 is 0 Å². The molecular formula is C40H36N4O3Pt. The zero-order valence-electron chi connectivity index (χ0n) is 28.0. The Bertz CT molecular complexity index is 2250. The molecule has 3 heterocycles. The van der Waals surface area contributed by atoms with Crippen LogP contribution in [0.2, 0.25) is 0 Å². The molecule has 0 amide bonds. The predicted molar refractivity (Wildman–Crippen MR) is 187 cm³/mol. The molecule has 0 aliphatic heterocycles. The van der Waals surface area contributed by atoms with Crippen molar-refractivity contribution < 1.29 is 35.3 Å². The molecule has 0 bridgehead atoms. The first-order chi connectivity index (χ1) is 22.7. The van der Waals surface area contributed by atoms with E-state index in [0.29, 0.717) is 11.5 Å². The standard InChI is InChI=1S/C40H36N4O3.Pt/c1-25-19-26(2)39(46-7)37(38(25)45-6)27-23-42-43(24-27)29-11-10-12-30(21-29)47-31-15-16-33-32-13-8-9-14-34(32)44(35(33)22-31)36-20-28(17-18-41-36)40(3,4)5;/h8-20,23-24H,1-7H3;/q-2;+2. The summed E-state index contributed by atoms with van der Waals surface area (Å²) in [5.74, 6) is 3.49. The summed E-state index contributed by atoms with van der Waals surface area (Å²) in [7, 11) is 3.35. The van der Waals surface area contributed by atoms with Crippen molar-refractivity contribution in [3.05, 3.63) is 120 Å². The van der Waals surface area contributed by atoms with Gasteiger partial charge in [-0.1, -0.05) is 44.5 Å². The molecule has 0 aliphatic rings. The molecule has 7 rings (SSSR count). The maximum absolute atomic E-state index is 6.38. The molecule has 0 aliphatic carbocycles. The molecule has 8 heteroatoms. The van der Waals surface area contributed by atoms with Crippen molar-refractivity contribution >= 4 is 21.8 Å². The van der Waals surface area contributed by atoms with Crippen LogP contribution in [0.4, 0.5) is 0 Å². The summed E-state index contributed by atoms with van der Waals surface area (Å²) in [6, 6.07) is 31.4. The van der Waals surface area contributed by atoms with Crippen molar-refractivity contribution in [2.75, 3.05) is 14.2 Å². The summed E-state index contributed by atoms with van der Waals surface area (Å²) >= 11 is 0. The van der Waals surface area contributed by atoms with Crippen molar-refractivity contribution in [1.82, 2.24) is 19.3 Å². The van der Waals surface area contributed by atoms with E-state index in [1.54, 1.807) is 18.9 Å². The second-order valence-electron chi connectivity index (χ2n) is 12.7. The van der Waals surface area contributed by atoms with E-state index in [2.05, 4.69) is 91.1 Å². The first kappa shape index (κ1) is 33.0. The maximum atomic E-state index is 6.38. The van der Waals surface area contributed by atoms with Gasteiger partial charge in [0.05, 0.1) is 26.0 Å². The van der Waals surface area contributed by atoms with Gasteiger partial charge in [-0.2, -0.15) is 17.2 Å². The minimum atomic E-state index is -0.0122. The summed E-state index contributed by atoms with van der Waals surface area (Å²) in [6.07, 6.45) is 5.64. The van der Waals surface area contributed by atoms with E-state index in [0.717, 1.165) is 67.1 Å². The summed E-state index contributed by atoms with van der Waals surface area (Å²) in [5, 5.41) is 6.87. The Hall–Kier alpha value is -4.87. The van der Waals surface area contributed by atoms with Gasteiger partial charge in [0.15, 0.2) is 0 Å². The average molecular weight is 816 g/mol. The van der Waals surface area contributed by atoms with Crippen LogP contribution in [0, 0.1) is 26.0 Å². The maximum Gasteiger partial charge on any atom is 2.00 e. The molecule has 7 nitrogen and oxygen atoms in total. The Morgan fingerprint density at radius 3 is 2.23 bits per heavy atom. The zero-order chi connectivity index (χ0) is 32.9. The molecule has 0 N–H and O–H groups in total. The first-order valence-electron chi connectivity index (χ1n) is 15.6. The Morgan fingerprint density at radius 1 is 0.771 bits per heavy atom. The molecular weight excluding hydrogens is 780 g/mol. The number of aromatic nitrogens is 4. The molecule has 0 saturated heterocycles. The molecule has 7 aromatic rings. The zero-order valence-corrected chi connectivity index (χ0v) is 30.3. The Labute approximate surface area is 295 Å². The third-order valence-electron chi connectivity index (χ3n) is 8.50. The van der Waals surface area contributed by atoms with E-state index in [9.17, 15) is 0 Å². The average Bonchev–Trinajstić information content (AvgIpc) is 3.67. The summed E-state index contributed by atoms with van der Waals surface area (Å²) in [6.45, 7) is 10.7. The van der Waals surface area contributed by atoms with Gasteiger partial charge in [0, 0.05) is 35.0 Å². The smallest absolute Gasteiger partial charge is 0.509 e. The monoisotopic (exact) mass is 815 g/mol. The molecule has 0 radical (unpaired) electrons. The SMILES string of the molecule is COc1c(C)cc(C)c(OC)c1-c1cnn(-c2[c-]c(Oc3[c-]c4c(cc3)c3ccccc3n4-c3cc(C(C)(C)C)ccn3)ccc2)c1.[Pt+2]. The van der Waals surface area contributed by atoms with Crippen LogP contribution < -0.4 is 14.2 Å². The minimum absolute atomic E-state index is 0. The van der Waals surface area contributed by atoms with Gasteiger partial charge in [-0.3, -0.25) is 4.68 Å². The summed E-state index contributed by atoms with van der Waals surface area (Å²) < 4.78 is 21.9. The number of para-hydroxylation sites is 1. The van der Waals surface area contributed by atoms with Crippen molar-refractivity contribution in [2.24, 2.45) is 0 Å². The van der Waals surface area contributed by atoms with E-state index >= 15 is 0 Å². The van der Waals surface area contributed by atoms with E-state index in [-0.39, 0.29) is 26.5 Å². The van der Waals surface area contributed by atoms with Crippen molar-refractivity contribution in [2.45, 2.75) is 40.0 Å². The number of rotatable bonds is 7. The Morgan fingerprint density at radius 2 is 1.50 bits per heavy atom. The molecule has 0 unspecified atom stereocenters. The molecule has 0 atom stereocenters. The van der Waals surface area contributed by atoms with Crippen LogP contribution >= 0.6 is 0 Å². The number of ether oxygens (including phenoxy) is 3. The molecule has 0 spiro atoms. The van der Waals surface area contributed by atoms with Crippen molar-refractivity contribution in [3.63, 3.8) is 0 Å². The number of aryl methyl sites for hydroxylation is 2. The van der Waals surface area contributed by atoms with Crippen LogP contribution in [0.1, 0.15) is 37.5 Å². The molecule has 48 heavy (non-hydrogen) atoms. The van der Waals surface area contributed by atoms with Gasteiger partial charge < -0.3 is 18.8 Å². The van der Waals surface area contributed by atoms with E-state index in [4.69, 9.17) is 19.2 Å². The molecule has 0 saturated carbocycles. The molecule has 3 aromatic heterocycles. The van der Waals surface area contributed by atoms with Crippen LogP contribution in [0.25, 0.3) is 44.4 Å². The number of pyridine rings is 1. The predicted octanol–water partition coefficient (Wildman–Crippen LogP) is 9.35. The number of methoxy groups -OCH3 is 2. The van der Waals surface area contributed by atoms with Gasteiger partial charge in [0.2, 0.25) is 0 Å². The molecule has 0 fully saturated rings. The van der Waals surface area contributed by atoms with Gasteiger partial charge in [0.25, 0.3) is 0 Å². The van der Waals surface area contributed by atoms with E-state index in [1.807, 2.05) is 56.7 Å². The number of hydrogen-bond donors (Lipinski definition) is 0. The van der Waals surface area contributed by atoms with Crippen molar-refractivity contribution in [1.29, 1.82) is 0 Å². The normalized spacial score (nSPS) is 11.5. The fourth-order valence-corrected chi connectivity index (χ4v) is 6.25. The number of nitrogens with zero attached hydrogens (tertiary/aromatic N) is 4. The number of fused-ring (bicyclic) bond motifs is 3. The van der Waals surface area contributed by atoms with Crippen LogP contribution in [0.3, 0.4) is 0 Å². The Kier molecular flexibility index (Phi) is 8.93. The second kappa shape index (κ2) is 13.0. The van der Waals surface area contributed by atoms with E-state index in [1.165, 1.54) is 5.56 Å².